The Kier molecular flexibility index (Phi) is 7.41. The van der Waals surface area contributed by atoms with Crippen molar-refractivity contribution >= 4 is 20.1 Å². The number of hydrogen-bond donors (Lipinski definition) is 1. The molecule has 0 aliphatic carbocycles. The van der Waals surface area contributed by atoms with Crippen LogP contribution in [0.2, 0.25) is 0 Å². The fraction of sp³-hybridized carbons (Fsp3) is 0.478. The molecule has 11 heteroatoms. The Balaban J connectivity index is 1.51. The lowest BCUT2D eigenvalue weighted by atomic mass is 9.91. The molecule has 34 heavy (non-hydrogen) atoms. The molecule has 0 saturated carbocycles. The van der Waals surface area contributed by atoms with Gasteiger partial charge < -0.3 is 28.7 Å². The Labute approximate surface area is 198 Å². The van der Waals surface area contributed by atoms with Crippen LogP contribution in [0.3, 0.4) is 0 Å². The maximum atomic E-state index is 12.9. The molecule has 3 heterocycles. The molecule has 2 fully saturated rings. The fourth-order valence-corrected chi connectivity index (χ4v) is 5.42. The van der Waals surface area contributed by atoms with Gasteiger partial charge in [-0.2, -0.15) is 4.98 Å². The summed E-state index contributed by atoms with van der Waals surface area (Å²) in [4.78, 5) is 32.6. The second-order valence-corrected chi connectivity index (χ2v) is 9.41. The summed E-state index contributed by atoms with van der Waals surface area (Å²) in [6.07, 6.45) is 0.219. The summed E-state index contributed by atoms with van der Waals surface area (Å²) in [6.45, 7) is 13.2. The molecule has 1 aromatic carbocycles. The maximum absolute atomic E-state index is 12.9. The summed E-state index contributed by atoms with van der Waals surface area (Å²) in [5.74, 6) is -0.206. The highest BCUT2D eigenvalue weighted by Gasteiger charge is 2.66. The van der Waals surface area contributed by atoms with Gasteiger partial charge >= 0.3 is 5.69 Å². The first kappa shape index (κ1) is 24.5. The van der Waals surface area contributed by atoms with Gasteiger partial charge in [0.05, 0.1) is 6.10 Å². The second kappa shape index (κ2) is 10.3. The average Bonchev–Trinajstić information content (AvgIpc) is 3.27. The van der Waals surface area contributed by atoms with E-state index in [1.54, 1.807) is 30.3 Å². The van der Waals surface area contributed by atoms with Crippen LogP contribution >= 0.6 is 8.38 Å². The molecule has 1 N–H and O–H groups in total. The van der Waals surface area contributed by atoms with Gasteiger partial charge in [-0.25, -0.2) is 11.4 Å². The predicted molar refractivity (Wildman–Crippen MR) is 126 cm³/mol. The third-order valence-electron chi connectivity index (χ3n) is 6.12. The van der Waals surface area contributed by atoms with E-state index in [-0.39, 0.29) is 24.4 Å². The largest absolute Gasteiger partial charge is 0.365 e. The molecule has 180 valence electrons. The summed E-state index contributed by atoms with van der Waals surface area (Å²) in [5.41, 5.74) is -0.849. The SMILES string of the molecule is [C-]#[N+]CCOP(C)O[C@H]1[C@H]2O[C@@H](C)[C@]1(CC)O[C@H]2n1ccc(NC(=O)c2ccccc2)nc1=O. The number of aromatic nitrogens is 2. The van der Waals surface area contributed by atoms with Crippen LogP contribution in [0, 0.1) is 6.57 Å². The van der Waals surface area contributed by atoms with Crippen molar-refractivity contribution in [2.45, 2.75) is 50.4 Å². The molecular formula is C23H27N4O6P. The Morgan fingerprint density at radius 2 is 2.12 bits per heavy atom. The molecule has 1 unspecified atom stereocenters. The zero-order valence-corrected chi connectivity index (χ0v) is 20.1. The van der Waals surface area contributed by atoms with Gasteiger partial charge in [-0.15, -0.1) is 0 Å². The zero-order valence-electron chi connectivity index (χ0n) is 19.2. The third-order valence-corrected chi connectivity index (χ3v) is 7.19. The number of nitrogens with one attached hydrogen (secondary N) is 1. The van der Waals surface area contributed by atoms with Crippen molar-refractivity contribution in [3.63, 3.8) is 0 Å². The minimum absolute atomic E-state index is 0.149. The van der Waals surface area contributed by atoms with Gasteiger partial charge in [-0.1, -0.05) is 25.1 Å². The van der Waals surface area contributed by atoms with Gasteiger partial charge in [0.15, 0.2) is 14.6 Å². The number of nitrogens with zero attached hydrogens (tertiary/aromatic N) is 3. The number of amides is 1. The van der Waals surface area contributed by atoms with Crippen molar-refractivity contribution in [3.05, 3.63) is 70.1 Å². The monoisotopic (exact) mass is 486 g/mol. The minimum atomic E-state index is -1.26. The molecule has 6 atom stereocenters. The van der Waals surface area contributed by atoms with Crippen molar-refractivity contribution in [1.29, 1.82) is 0 Å². The Morgan fingerprint density at radius 3 is 2.79 bits per heavy atom. The molecule has 0 spiro atoms. The van der Waals surface area contributed by atoms with Crippen LogP contribution in [0.4, 0.5) is 5.82 Å². The van der Waals surface area contributed by atoms with Crippen molar-refractivity contribution in [1.82, 2.24) is 9.55 Å². The van der Waals surface area contributed by atoms with Gasteiger partial charge in [0, 0.05) is 18.4 Å². The van der Waals surface area contributed by atoms with Gasteiger partial charge in [0.1, 0.15) is 30.2 Å². The van der Waals surface area contributed by atoms with E-state index in [0.29, 0.717) is 18.6 Å². The summed E-state index contributed by atoms with van der Waals surface area (Å²) in [6, 6.07) is 10.2. The zero-order chi connectivity index (χ0) is 24.3. The molecule has 1 aromatic heterocycles. The number of ether oxygens (including phenoxy) is 2. The molecule has 1 amide bonds. The second-order valence-electron chi connectivity index (χ2n) is 8.06. The summed E-state index contributed by atoms with van der Waals surface area (Å²) in [7, 11) is -1.26. The summed E-state index contributed by atoms with van der Waals surface area (Å²) in [5, 5.41) is 2.64. The topological polar surface area (TPSA) is 105 Å². The van der Waals surface area contributed by atoms with Gasteiger partial charge in [-0.05, 0) is 31.5 Å². The maximum Gasteiger partial charge on any atom is 0.351 e. The standard InChI is InChI=1S/C23H27N4O6P/c1-5-23-15(2)31-18(19(23)33-34(4)30-14-12-24-3)21(32-23)27-13-11-17(26-22(27)29)25-20(28)16-9-7-6-8-10-16/h6-11,13,15,18-19,21H,5,12,14H2,1-2,4H3,(H,25,26,28,29)/t15-,18+,19-,21+,23-,34?/m0/s1. The summed E-state index contributed by atoms with van der Waals surface area (Å²) < 4.78 is 25.8. The first-order valence-corrected chi connectivity index (χ1v) is 12.7. The van der Waals surface area contributed by atoms with E-state index < -0.39 is 38.1 Å². The highest BCUT2D eigenvalue weighted by Crippen LogP contribution is 2.55. The number of benzene rings is 1. The van der Waals surface area contributed by atoms with Crippen LogP contribution in [0.15, 0.2) is 47.4 Å². The van der Waals surface area contributed by atoms with E-state index in [0.717, 1.165) is 0 Å². The number of fused-ring (bicyclic) bond motifs is 2. The van der Waals surface area contributed by atoms with E-state index in [1.807, 2.05) is 26.6 Å². The van der Waals surface area contributed by atoms with Crippen molar-refractivity contribution < 1.29 is 23.3 Å². The van der Waals surface area contributed by atoms with Gasteiger partial charge in [0.2, 0.25) is 6.54 Å². The molecule has 4 rings (SSSR count). The van der Waals surface area contributed by atoms with Crippen molar-refractivity contribution in [2.75, 3.05) is 25.1 Å². The lowest BCUT2D eigenvalue weighted by molar-refractivity contribution is -0.207. The Morgan fingerprint density at radius 1 is 1.35 bits per heavy atom. The predicted octanol–water partition coefficient (Wildman–Crippen LogP) is 3.22. The molecule has 2 bridgehead atoms. The fourth-order valence-electron chi connectivity index (χ4n) is 4.40. The van der Waals surface area contributed by atoms with E-state index in [9.17, 15) is 9.59 Å². The normalized spacial score (nSPS) is 28.4. The van der Waals surface area contributed by atoms with Crippen molar-refractivity contribution in [3.8, 4) is 0 Å². The molecule has 10 nitrogen and oxygen atoms in total. The van der Waals surface area contributed by atoms with Gasteiger partial charge in [-0.3, -0.25) is 9.36 Å². The van der Waals surface area contributed by atoms with E-state index >= 15 is 0 Å². The summed E-state index contributed by atoms with van der Waals surface area (Å²) >= 11 is 0. The van der Waals surface area contributed by atoms with Crippen LogP contribution in [-0.2, 0) is 18.5 Å². The van der Waals surface area contributed by atoms with Gasteiger partial charge in [0.25, 0.3) is 5.91 Å². The van der Waals surface area contributed by atoms with Crippen LogP contribution < -0.4 is 11.0 Å². The van der Waals surface area contributed by atoms with E-state index in [1.165, 1.54) is 10.8 Å². The smallest absolute Gasteiger partial charge is 0.351 e. The van der Waals surface area contributed by atoms with E-state index in [4.69, 9.17) is 25.1 Å². The average molecular weight is 486 g/mol. The Bertz CT molecular complexity index is 1120. The number of hydrogen-bond acceptors (Lipinski definition) is 7. The Hall–Kier alpha value is -2.67. The quantitative estimate of drug-likeness (QED) is 0.330. The number of rotatable bonds is 9. The molecule has 2 aromatic rings. The molecule has 0 radical (unpaired) electrons. The van der Waals surface area contributed by atoms with Crippen molar-refractivity contribution in [2.24, 2.45) is 0 Å². The van der Waals surface area contributed by atoms with Crippen LogP contribution in [0.25, 0.3) is 4.85 Å². The lowest BCUT2D eigenvalue weighted by Crippen LogP contribution is -2.46. The number of anilines is 1. The van der Waals surface area contributed by atoms with Crippen LogP contribution in [0.1, 0.15) is 36.9 Å². The molecule has 2 aliphatic rings. The molecule has 2 aliphatic heterocycles. The number of carbonyl (C=O) groups excluding carboxylic acids is 1. The molecule has 2 saturated heterocycles. The third kappa shape index (κ3) is 4.63. The number of carbonyl (C=O) groups is 1. The van der Waals surface area contributed by atoms with Crippen LogP contribution in [-0.4, -0.2) is 59.2 Å². The van der Waals surface area contributed by atoms with E-state index in [2.05, 4.69) is 15.1 Å². The lowest BCUT2D eigenvalue weighted by Gasteiger charge is -2.36. The highest BCUT2D eigenvalue weighted by molar-refractivity contribution is 7.46. The highest BCUT2D eigenvalue weighted by atomic mass is 31.2. The minimum Gasteiger partial charge on any atom is -0.365 e. The first-order chi connectivity index (χ1) is 16.4. The molecular weight excluding hydrogens is 459 g/mol. The van der Waals surface area contributed by atoms with Crippen LogP contribution in [0.5, 0.6) is 0 Å². The first-order valence-electron chi connectivity index (χ1n) is 11.0.